The summed E-state index contributed by atoms with van der Waals surface area (Å²) in [5, 5.41) is 5.31. The summed E-state index contributed by atoms with van der Waals surface area (Å²) in [5.41, 5.74) is 2.41. The average molecular weight is 431 g/mol. The Labute approximate surface area is 170 Å². The van der Waals surface area contributed by atoms with Crippen molar-refractivity contribution in [2.75, 3.05) is 0 Å². The van der Waals surface area contributed by atoms with Gasteiger partial charge in [0.05, 0.1) is 15.9 Å². The lowest BCUT2D eigenvalue weighted by atomic mass is 10.1. The van der Waals surface area contributed by atoms with Crippen LogP contribution in [-0.4, -0.2) is 18.4 Å². The topological polar surface area (TPSA) is 88.8 Å². The molecule has 0 spiro atoms. The summed E-state index contributed by atoms with van der Waals surface area (Å²) in [7, 11) is -3.90. The molecule has 0 amide bonds. The van der Waals surface area contributed by atoms with Crippen molar-refractivity contribution in [2.45, 2.75) is 17.7 Å². The number of H-pyrrole nitrogens is 1. The van der Waals surface area contributed by atoms with Crippen LogP contribution in [0.3, 0.4) is 0 Å². The monoisotopic (exact) mass is 431 g/mol. The van der Waals surface area contributed by atoms with Gasteiger partial charge < -0.3 is 4.98 Å². The van der Waals surface area contributed by atoms with Crippen molar-refractivity contribution >= 4 is 21.1 Å². The number of aryl methyl sites for hydroxylation is 2. The minimum atomic E-state index is -3.90. The van der Waals surface area contributed by atoms with E-state index < -0.39 is 27.5 Å². The fraction of sp³-hybridized carbons (Fsp3) is 0.0952. The number of rotatable bonds is 5. The van der Waals surface area contributed by atoms with Crippen LogP contribution in [0.15, 0.2) is 59.5 Å². The molecule has 0 unspecified atom stereocenters. The Morgan fingerprint density at radius 3 is 2.40 bits per heavy atom. The van der Waals surface area contributed by atoms with E-state index in [9.17, 15) is 21.6 Å². The smallest absolute Gasteiger partial charge is 0.238 e. The highest BCUT2D eigenvalue weighted by molar-refractivity contribution is 7.89. The predicted molar refractivity (Wildman–Crippen MR) is 107 cm³/mol. The van der Waals surface area contributed by atoms with Crippen molar-refractivity contribution in [3.05, 3.63) is 83.4 Å². The van der Waals surface area contributed by atoms with E-state index in [2.05, 4.69) is 9.97 Å². The van der Waals surface area contributed by atoms with Crippen molar-refractivity contribution in [3.63, 3.8) is 0 Å². The maximum atomic E-state index is 13.8. The molecule has 4 rings (SSSR count). The van der Waals surface area contributed by atoms with Crippen molar-refractivity contribution in [2.24, 2.45) is 5.14 Å². The Morgan fingerprint density at radius 1 is 0.900 bits per heavy atom. The number of nitrogens with one attached hydrogen (secondary N) is 1. The number of aromatic nitrogens is 2. The first kappa shape index (κ1) is 20.1. The summed E-state index contributed by atoms with van der Waals surface area (Å²) < 4.78 is 64.0. The normalized spacial score (nSPS) is 11.9. The Morgan fingerprint density at radius 2 is 1.63 bits per heavy atom. The number of imidazole rings is 1. The van der Waals surface area contributed by atoms with Gasteiger partial charge in [0.2, 0.25) is 10.0 Å². The number of nitrogens with two attached hydrogens (primary N) is 1. The summed E-state index contributed by atoms with van der Waals surface area (Å²) in [5.74, 6) is -2.61. The van der Waals surface area contributed by atoms with E-state index in [4.69, 9.17) is 5.14 Å². The van der Waals surface area contributed by atoms with Crippen molar-refractivity contribution < 1.29 is 21.6 Å². The van der Waals surface area contributed by atoms with Crippen LogP contribution in [0.25, 0.3) is 22.2 Å². The van der Waals surface area contributed by atoms with Gasteiger partial charge in [0.1, 0.15) is 11.6 Å². The number of aromatic amines is 1. The lowest BCUT2D eigenvalue weighted by molar-refractivity contribution is 0.489. The molecule has 5 nitrogen and oxygen atoms in total. The molecule has 0 saturated carbocycles. The van der Waals surface area contributed by atoms with Crippen molar-refractivity contribution in [1.82, 2.24) is 9.97 Å². The Hall–Kier alpha value is -3.17. The lowest BCUT2D eigenvalue weighted by Gasteiger charge is -2.07. The maximum Gasteiger partial charge on any atom is 0.238 e. The first-order valence-corrected chi connectivity index (χ1v) is 10.5. The Bertz CT molecular complexity index is 1370. The summed E-state index contributed by atoms with van der Waals surface area (Å²) in [6.07, 6.45) is 0.406. The number of sulfonamides is 1. The second-order valence-corrected chi connectivity index (χ2v) is 8.34. The molecule has 4 aromatic rings. The standard InChI is InChI=1S/C21H16F3N3O2S/c22-15-11-17(24)16(23)9-13(15)6-8-21-26-18-7-5-12(10-19(18)27-21)14-3-1-2-4-20(14)30(25,28)29/h1-5,7,9-11H,6,8H2,(H,26,27)(H2,25,28,29). The van der Waals surface area contributed by atoms with Crippen LogP contribution in [0, 0.1) is 17.5 Å². The van der Waals surface area contributed by atoms with E-state index in [1.165, 1.54) is 6.07 Å². The number of hydrogen-bond donors (Lipinski definition) is 2. The molecule has 3 N–H and O–H groups in total. The number of fused-ring (bicyclic) bond motifs is 1. The van der Waals surface area contributed by atoms with Gasteiger partial charge >= 0.3 is 0 Å². The third-order valence-corrected chi connectivity index (χ3v) is 5.73. The molecule has 0 radical (unpaired) electrons. The minimum absolute atomic E-state index is 0.00826. The van der Waals surface area contributed by atoms with E-state index in [0.717, 1.165) is 6.07 Å². The highest BCUT2D eigenvalue weighted by Gasteiger charge is 2.16. The van der Waals surface area contributed by atoms with Gasteiger partial charge in [-0.05, 0) is 41.8 Å². The van der Waals surface area contributed by atoms with Crippen molar-refractivity contribution in [3.8, 4) is 11.1 Å². The highest BCUT2D eigenvalue weighted by Crippen LogP contribution is 2.29. The molecule has 0 aliphatic carbocycles. The molecule has 0 aliphatic rings. The highest BCUT2D eigenvalue weighted by atomic mass is 32.2. The Balaban J connectivity index is 1.64. The molecule has 154 valence electrons. The summed E-state index contributed by atoms with van der Waals surface area (Å²) >= 11 is 0. The van der Waals surface area contributed by atoms with Crippen LogP contribution in [0.1, 0.15) is 11.4 Å². The molecule has 0 saturated heterocycles. The van der Waals surface area contributed by atoms with Gasteiger partial charge in [-0.25, -0.2) is 31.7 Å². The first-order valence-electron chi connectivity index (χ1n) is 8.96. The number of halogens is 3. The molecule has 3 aromatic carbocycles. The quantitative estimate of drug-likeness (QED) is 0.467. The van der Waals surface area contributed by atoms with Gasteiger partial charge in [0, 0.05) is 18.1 Å². The lowest BCUT2D eigenvalue weighted by Crippen LogP contribution is -2.13. The van der Waals surface area contributed by atoms with Gasteiger partial charge in [-0.3, -0.25) is 0 Å². The molecular formula is C21H16F3N3O2S. The zero-order chi connectivity index (χ0) is 21.5. The van der Waals surface area contributed by atoms with Gasteiger partial charge in [-0.15, -0.1) is 0 Å². The maximum absolute atomic E-state index is 13.8. The zero-order valence-corrected chi connectivity index (χ0v) is 16.3. The molecule has 0 bridgehead atoms. The third-order valence-electron chi connectivity index (χ3n) is 4.76. The van der Waals surface area contributed by atoms with Crippen LogP contribution in [-0.2, 0) is 22.9 Å². The van der Waals surface area contributed by atoms with Crippen LogP contribution in [0.2, 0.25) is 0 Å². The fourth-order valence-corrected chi connectivity index (χ4v) is 4.07. The minimum Gasteiger partial charge on any atom is -0.342 e. The van der Waals surface area contributed by atoms with Crippen LogP contribution in [0.5, 0.6) is 0 Å². The third kappa shape index (κ3) is 3.94. The van der Waals surface area contributed by atoms with Crippen LogP contribution >= 0.6 is 0 Å². The van der Waals surface area contributed by atoms with E-state index in [1.807, 2.05) is 0 Å². The van der Waals surface area contributed by atoms with Gasteiger partial charge in [-0.1, -0.05) is 24.3 Å². The SMILES string of the molecule is NS(=O)(=O)c1ccccc1-c1ccc2[nH]c(CCc3cc(F)c(F)cc3F)nc2c1. The number of hydrogen-bond acceptors (Lipinski definition) is 3. The molecule has 0 atom stereocenters. The van der Waals surface area contributed by atoms with E-state index in [1.54, 1.807) is 36.4 Å². The molecule has 1 aromatic heterocycles. The van der Waals surface area contributed by atoms with Gasteiger partial charge in [-0.2, -0.15) is 0 Å². The molecule has 0 fully saturated rings. The molecule has 30 heavy (non-hydrogen) atoms. The number of primary sulfonamides is 1. The average Bonchev–Trinajstić information content (AvgIpc) is 3.11. The van der Waals surface area contributed by atoms with Crippen LogP contribution in [0.4, 0.5) is 13.2 Å². The predicted octanol–water partition coefficient (Wildman–Crippen LogP) is 4.08. The van der Waals surface area contributed by atoms with Gasteiger partial charge in [0.15, 0.2) is 11.6 Å². The summed E-state index contributed by atoms with van der Waals surface area (Å²) in [4.78, 5) is 7.55. The fourth-order valence-electron chi connectivity index (χ4n) is 3.31. The molecule has 9 heteroatoms. The number of benzene rings is 3. The molecular weight excluding hydrogens is 415 g/mol. The van der Waals surface area contributed by atoms with Gasteiger partial charge in [0.25, 0.3) is 0 Å². The van der Waals surface area contributed by atoms with E-state index in [-0.39, 0.29) is 23.3 Å². The van der Waals surface area contributed by atoms with E-state index >= 15 is 0 Å². The van der Waals surface area contributed by atoms with E-state index in [0.29, 0.717) is 34.1 Å². The van der Waals surface area contributed by atoms with Crippen LogP contribution < -0.4 is 5.14 Å². The first-order chi connectivity index (χ1) is 14.2. The largest absolute Gasteiger partial charge is 0.342 e. The summed E-state index contributed by atoms with van der Waals surface area (Å²) in [6, 6.07) is 13.0. The second-order valence-electron chi connectivity index (χ2n) is 6.81. The molecule has 0 aliphatic heterocycles. The Kier molecular flexibility index (Phi) is 5.08. The van der Waals surface area contributed by atoms with Crippen molar-refractivity contribution in [1.29, 1.82) is 0 Å². The zero-order valence-electron chi connectivity index (χ0n) is 15.5. The molecule has 1 heterocycles. The second kappa shape index (κ2) is 7.58. The summed E-state index contributed by atoms with van der Waals surface area (Å²) in [6.45, 7) is 0. The number of nitrogens with zero attached hydrogens (tertiary/aromatic N) is 1.